The molecule has 0 radical (unpaired) electrons. The number of aromatic nitrogens is 2. The number of alkyl halides is 2. The molecule has 202 valence electrons. The van der Waals surface area contributed by atoms with E-state index in [4.69, 9.17) is 38.0 Å². The van der Waals surface area contributed by atoms with Crippen LogP contribution in [0, 0.1) is 0 Å². The predicted molar refractivity (Wildman–Crippen MR) is 155 cm³/mol. The van der Waals surface area contributed by atoms with E-state index in [2.05, 4.69) is 19.1 Å². The van der Waals surface area contributed by atoms with E-state index in [0.29, 0.717) is 38.5 Å². The van der Waals surface area contributed by atoms with Crippen molar-refractivity contribution in [3.8, 4) is 22.7 Å². The molecule has 6 rings (SSSR count). The summed E-state index contributed by atoms with van der Waals surface area (Å²) >= 11 is 13.2. The van der Waals surface area contributed by atoms with Crippen molar-refractivity contribution in [2.75, 3.05) is 0 Å². The molecule has 4 aromatic rings. The van der Waals surface area contributed by atoms with Gasteiger partial charge < -0.3 is 9.64 Å². The van der Waals surface area contributed by atoms with E-state index < -0.39 is 12.7 Å². The molecule has 0 saturated heterocycles. The van der Waals surface area contributed by atoms with Crippen LogP contribution in [0.25, 0.3) is 16.9 Å². The summed E-state index contributed by atoms with van der Waals surface area (Å²) in [5.41, 5.74) is 4.77. The number of amidine groups is 1. The van der Waals surface area contributed by atoms with Crippen LogP contribution in [0.2, 0.25) is 0 Å². The Morgan fingerprint density at radius 2 is 1.68 bits per heavy atom. The van der Waals surface area contributed by atoms with E-state index in [0.717, 1.165) is 24.1 Å². The lowest BCUT2D eigenvalue weighted by Crippen LogP contribution is -2.36. The second kappa shape index (κ2) is 10.9. The van der Waals surface area contributed by atoms with Crippen LogP contribution in [-0.4, -0.2) is 27.1 Å². The van der Waals surface area contributed by atoms with Crippen LogP contribution < -0.4 is 4.74 Å². The molecule has 1 aromatic heterocycles. The Morgan fingerprint density at radius 1 is 0.950 bits per heavy atom. The first-order chi connectivity index (χ1) is 19.4. The molecule has 2 aliphatic heterocycles. The van der Waals surface area contributed by atoms with Crippen LogP contribution in [0.5, 0.6) is 5.75 Å². The highest BCUT2D eigenvalue weighted by Gasteiger charge is 2.40. The number of aryl methyl sites for hydroxylation is 1. The summed E-state index contributed by atoms with van der Waals surface area (Å²) in [5.74, 6) is 1.01. The van der Waals surface area contributed by atoms with Crippen LogP contribution in [0.3, 0.4) is 0 Å². The molecule has 0 bridgehead atoms. The van der Waals surface area contributed by atoms with Crippen molar-refractivity contribution in [3.63, 3.8) is 0 Å². The van der Waals surface area contributed by atoms with Gasteiger partial charge in [0.05, 0.1) is 27.4 Å². The van der Waals surface area contributed by atoms with Gasteiger partial charge in [-0.05, 0) is 36.3 Å². The average molecular weight is 577 g/mol. The molecule has 2 aliphatic rings. The predicted octanol–water partition coefficient (Wildman–Crippen LogP) is 8.74. The Labute approximate surface area is 240 Å². The van der Waals surface area contributed by atoms with Gasteiger partial charge in [-0.3, -0.25) is 0 Å². The third kappa shape index (κ3) is 4.80. The van der Waals surface area contributed by atoms with Crippen LogP contribution in [0.1, 0.15) is 36.1 Å². The maximum Gasteiger partial charge on any atom is 0.387 e. The fourth-order valence-corrected chi connectivity index (χ4v) is 5.69. The number of ether oxygens (including phenoxy) is 1. The number of benzene rings is 3. The molecule has 1 atom stereocenters. The highest BCUT2D eigenvalue weighted by atomic mass is 35.5. The largest absolute Gasteiger partial charge is 0.434 e. The van der Waals surface area contributed by atoms with Gasteiger partial charge in [0.25, 0.3) is 0 Å². The molecular formula is C31H24Cl2F2N4O. The number of fused-ring (bicyclic) bond motifs is 2. The number of allylic oxidation sites excluding steroid dienone is 2. The van der Waals surface area contributed by atoms with E-state index in [1.54, 1.807) is 40.1 Å². The van der Waals surface area contributed by atoms with Crippen molar-refractivity contribution in [2.45, 2.75) is 32.4 Å². The third-order valence-corrected chi connectivity index (χ3v) is 7.33. The second-order valence-corrected chi connectivity index (χ2v) is 10.3. The second-order valence-electron chi connectivity index (χ2n) is 9.45. The number of halogens is 4. The molecule has 0 saturated carbocycles. The topological polar surface area (TPSA) is 42.6 Å². The molecular weight excluding hydrogens is 553 g/mol. The van der Waals surface area contributed by atoms with Crippen molar-refractivity contribution >= 4 is 34.9 Å². The average Bonchev–Trinajstić information content (AvgIpc) is 3.33. The Hall–Kier alpha value is -3.94. The minimum Gasteiger partial charge on any atom is -0.434 e. The first-order valence-electron chi connectivity index (χ1n) is 12.9. The SMILES string of the molecule is CCCc1ccc(-c2nn(-c3ccccc3)c3c2[C@H](c2ccccc2OC(F)F)N2C=C(Cl)C=C(Cl)C2=N3)cc1. The van der Waals surface area contributed by atoms with Gasteiger partial charge in [0.1, 0.15) is 11.4 Å². The summed E-state index contributed by atoms with van der Waals surface area (Å²) in [7, 11) is 0. The number of rotatable bonds is 7. The van der Waals surface area contributed by atoms with Crippen LogP contribution in [-0.2, 0) is 6.42 Å². The normalized spacial score (nSPS) is 16.2. The lowest BCUT2D eigenvalue weighted by atomic mass is 9.91. The Balaban J connectivity index is 1.66. The van der Waals surface area contributed by atoms with Gasteiger partial charge in [-0.1, -0.05) is 97.2 Å². The van der Waals surface area contributed by atoms with Gasteiger partial charge in [-0.2, -0.15) is 13.9 Å². The lowest BCUT2D eigenvalue weighted by molar-refractivity contribution is -0.0507. The van der Waals surface area contributed by atoms with Crippen molar-refractivity contribution in [1.82, 2.24) is 14.7 Å². The molecule has 0 amide bonds. The number of nitrogens with zero attached hydrogens (tertiary/aromatic N) is 4. The molecule has 3 aromatic carbocycles. The maximum absolute atomic E-state index is 13.6. The van der Waals surface area contributed by atoms with E-state index >= 15 is 0 Å². The standard InChI is InChI=1S/C31H24Cl2F2N4O/c1-2-8-19-13-15-20(16-14-19)27-26-28(23-11-6-7-12-25(23)40-31(34)35)38-18-21(32)17-24(33)29(38)36-30(26)39(37-27)22-9-4-3-5-10-22/h3-7,9-18,28,31H,2,8H2,1H3/t28-/m0/s1. The number of hydrogen-bond acceptors (Lipinski definition) is 4. The molecule has 0 fully saturated rings. The molecule has 0 spiro atoms. The fourth-order valence-electron chi connectivity index (χ4n) is 5.16. The van der Waals surface area contributed by atoms with E-state index in [-0.39, 0.29) is 5.75 Å². The lowest BCUT2D eigenvalue weighted by Gasteiger charge is -2.37. The minimum atomic E-state index is -3.00. The maximum atomic E-state index is 13.6. The van der Waals surface area contributed by atoms with E-state index in [1.165, 1.54) is 11.6 Å². The zero-order valence-electron chi connectivity index (χ0n) is 21.4. The highest BCUT2D eigenvalue weighted by molar-refractivity contribution is 6.45. The summed E-state index contributed by atoms with van der Waals surface area (Å²) in [6.45, 7) is -0.860. The number of para-hydroxylation sites is 2. The van der Waals surface area contributed by atoms with Crippen LogP contribution in [0.4, 0.5) is 14.6 Å². The Morgan fingerprint density at radius 3 is 2.40 bits per heavy atom. The van der Waals surface area contributed by atoms with Crippen LogP contribution >= 0.6 is 23.2 Å². The van der Waals surface area contributed by atoms with Gasteiger partial charge in [0.15, 0.2) is 11.7 Å². The summed E-state index contributed by atoms with van der Waals surface area (Å²) in [6, 6.07) is 23.9. The highest BCUT2D eigenvalue weighted by Crippen LogP contribution is 2.49. The van der Waals surface area contributed by atoms with Gasteiger partial charge >= 0.3 is 6.61 Å². The van der Waals surface area contributed by atoms with Crippen molar-refractivity contribution in [3.05, 3.63) is 118 Å². The smallest absolute Gasteiger partial charge is 0.387 e. The number of aliphatic imine (C=N–C) groups is 1. The van der Waals surface area contributed by atoms with Crippen molar-refractivity contribution in [2.24, 2.45) is 4.99 Å². The zero-order valence-corrected chi connectivity index (χ0v) is 22.9. The van der Waals surface area contributed by atoms with E-state index in [9.17, 15) is 8.78 Å². The molecule has 0 aliphatic carbocycles. The first kappa shape index (κ1) is 26.3. The summed E-state index contributed by atoms with van der Waals surface area (Å²) in [5, 5.41) is 5.76. The third-order valence-electron chi connectivity index (χ3n) is 6.84. The van der Waals surface area contributed by atoms with Crippen molar-refractivity contribution in [1.29, 1.82) is 0 Å². The summed E-state index contributed by atoms with van der Waals surface area (Å²) in [6.07, 6.45) is 5.31. The van der Waals surface area contributed by atoms with E-state index in [1.807, 2.05) is 42.5 Å². The van der Waals surface area contributed by atoms with Gasteiger partial charge in [-0.25, -0.2) is 9.67 Å². The van der Waals surface area contributed by atoms with Gasteiger partial charge in [0.2, 0.25) is 0 Å². The van der Waals surface area contributed by atoms with Gasteiger partial charge in [-0.15, -0.1) is 0 Å². The molecule has 40 heavy (non-hydrogen) atoms. The zero-order chi connectivity index (χ0) is 27.8. The minimum absolute atomic E-state index is 0.0432. The quantitative estimate of drug-likeness (QED) is 0.221. The molecule has 3 heterocycles. The number of hydrogen-bond donors (Lipinski definition) is 0. The first-order valence-corrected chi connectivity index (χ1v) is 13.6. The summed E-state index contributed by atoms with van der Waals surface area (Å²) in [4.78, 5) is 6.77. The summed E-state index contributed by atoms with van der Waals surface area (Å²) < 4.78 is 33.9. The van der Waals surface area contributed by atoms with Crippen LogP contribution in [0.15, 0.2) is 106 Å². The molecule has 0 N–H and O–H groups in total. The Kier molecular flexibility index (Phi) is 7.17. The molecule has 9 heteroatoms. The monoisotopic (exact) mass is 576 g/mol. The Bertz CT molecular complexity index is 1650. The molecule has 5 nitrogen and oxygen atoms in total. The van der Waals surface area contributed by atoms with Gasteiger partial charge in [0, 0.05) is 17.3 Å². The molecule has 0 unspecified atom stereocenters. The van der Waals surface area contributed by atoms with Crippen molar-refractivity contribution < 1.29 is 13.5 Å². The fraction of sp³-hybridized carbons (Fsp3) is 0.161.